The first-order chi connectivity index (χ1) is 8.61. The van der Waals surface area contributed by atoms with Gasteiger partial charge in [0.1, 0.15) is 11.6 Å². The minimum absolute atomic E-state index is 0.519. The van der Waals surface area contributed by atoms with Crippen LogP contribution in [0.2, 0.25) is 4.34 Å². The molecule has 92 valence electrons. The molecule has 18 heavy (non-hydrogen) atoms. The van der Waals surface area contributed by atoms with E-state index in [1.807, 2.05) is 26.0 Å². The van der Waals surface area contributed by atoms with E-state index in [0.29, 0.717) is 17.9 Å². The Balaban J connectivity index is 2.20. The summed E-state index contributed by atoms with van der Waals surface area (Å²) in [7, 11) is 0. The molecule has 0 aliphatic carbocycles. The van der Waals surface area contributed by atoms with Crippen molar-refractivity contribution in [2.45, 2.75) is 20.4 Å². The average molecular weight is 279 g/mol. The van der Waals surface area contributed by atoms with Gasteiger partial charge in [0.15, 0.2) is 5.82 Å². The minimum Gasteiger partial charge on any atom is -0.363 e. The number of rotatable bonds is 3. The molecular formula is C12H11ClN4S. The fourth-order valence-corrected chi connectivity index (χ4v) is 2.51. The van der Waals surface area contributed by atoms with E-state index in [2.05, 4.69) is 21.6 Å². The van der Waals surface area contributed by atoms with Gasteiger partial charge in [-0.2, -0.15) is 10.4 Å². The van der Waals surface area contributed by atoms with E-state index < -0.39 is 0 Å². The van der Waals surface area contributed by atoms with Gasteiger partial charge in [0.25, 0.3) is 0 Å². The molecule has 0 spiro atoms. The number of thiophene rings is 1. The summed E-state index contributed by atoms with van der Waals surface area (Å²) in [6.07, 6.45) is 0. The molecule has 6 heteroatoms. The molecule has 0 aliphatic rings. The van der Waals surface area contributed by atoms with Gasteiger partial charge in [-0.1, -0.05) is 11.6 Å². The Kier molecular flexibility index (Phi) is 3.80. The van der Waals surface area contributed by atoms with Crippen molar-refractivity contribution in [3.8, 4) is 6.07 Å². The van der Waals surface area contributed by atoms with E-state index in [1.165, 1.54) is 11.3 Å². The van der Waals surface area contributed by atoms with E-state index in [-0.39, 0.29) is 0 Å². The zero-order valence-corrected chi connectivity index (χ0v) is 11.6. The third kappa shape index (κ3) is 2.61. The van der Waals surface area contributed by atoms with Crippen LogP contribution in [0.5, 0.6) is 0 Å². The highest BCUT2D eigenvalue weighted by molar-refractivity contribution is 7.16. The number of nitrogens with one attached hydrogen (secondary N) is 1. The maximum atomic E-state index is 9.15. The fraction of sp³-hybridized carbons (Fsp3) is 0.250. The number of nitrogens with zero attached hydrogens (tertiary/aromatic N) is 3. The maximum absolute atomic E-state index is 9.15. The second-order valence-electron chi connectivity index (χ2n) is 3.81. The lowest BCUT2D eigenvalue weighted by Gasteiger charge is -2.08. The first-order valence-corrected chi connectivity index (χ1v) is 6.53. The molecule has 2 aromatic rings. The van der Waals surface area contributed by atoms with Crippen LogP contribution in [-0.2, 0) is 6.54 Å². The standard InChI is InChI=1S/C12H11ClN4S/c1-7-8(2)16-17-12(10(7)5-14)15-6-9-3-4-11(13)18-9/h3-4H,6H2,1-2H3,(H,15,17). The highest BCUT2D eigenvalue weighted by Crippen LogP contribution is 2.23. The maximum Gasteiger partial charge on any atom is 0.167 e. The molecular weight excluding hydrogens is 268 g/mol. The van der Waals surface area contributed by atoms with Crippen molar-refractivity contribution >= 4 is 28.8 Å². The van der Waals surface area contributed by atoms with Gasteiger partial charge in [0.2, 0.25) is 0 Å². The Bertz CT molecular complexity index is 615. The number of aryl methyl sites for hydroxylation is 1. The van der Waals surface area contributed by atoms with Crippen molar-refractivity contribution in [1.82, 2.24) is 10.2 Å². The Morgan fingerprint density at radius 1 is 1.39 bits per heavy atom. The first-order valence-electron chi connectivity index (χ1n) is 5.34. The van der Waals surface area contributed by atoms with Crippen molar-refractivity contribution in [2.75, 3.05) is 5.32 Å². The minimum atomic E-state index is 0.519. The summed E-state index contributed by atoms with van der Waals surface area (Å²) in [6, 6.07) is 5.95. The van der Waals surface area contributed by atoms with Gasteiger partial charge < -0.3 is 5.32 Å². The van der Waals surface area contributed by atoms with Gasteiger partial charge in [-0.25, -0.2) is 0 Å². The lowest BCUT2D eigenvalue weighted by atomic mass is 10.1. The number of nitriles is 1. The Labute approximate surface area is 114 Å². The van der Waals surface area contributed by atoms with Crippen molar-refractivity contribution < 1.29 is 0 Å². The van der Waals surface area contributed by atoms with Crippen LogP contribution in [0, 0.1) is 25.2 Å². The Hall–Kier alpha value is -1.64. The molecule has 0 aromatic carbocycles. The molecule has 0 fully saturated rings. The van der Waals surface area contributed by atoms with Crippen LogP contribution >= 0.6 is 22.9 Å². The summed E-state index contributed by atoms with van der Waals surface area (Å²) in [6.45, 7) is 4.30. The van der Waals surface area contributed by atoms with E-state index in [0.717, 1.165) is 20.5 Å². The normalized spacial score (nSPS) is 10.1. The third-order valence-corrected chi connectivity index (χ3v) is 3.86. The highest BCUT2D eigenvalue weighted by Gasteiger charge is 2.10. The van der Waals surface area contributed by atoms with Gasteiger partial charge in [-0.05, 0) is 31.5 Å². The summed E-state index contributed by atoms with van der Waals surface area (Å²) in [5, 5.41) is 20.3. The number of halogens is 1. The third-order valence-electron chi connectivity index (χ3n) is 2.63. The molecule has 0 amide bonds. The highest BCUT2D eigenvalue weighted by atomic mass is 35.5. The number of anilines is 1. The molecule has 0 radical (unpaired) electrons. The van der Waals surface area contributed by atoms with E-state index >= 15 is 0 Å². The lowest BCUT2D eigenvalue weighted by molar-refractivity contribution is 0.943. The van der Waals surface area contributed by atoms with Gasteiger partial charge in [-0.15, -0.1) is 16.4 Å². The first kappa shape index (κ1) is 12.8. The Morgan fingerprint density at radius 2 is 2.17 bits per heavy atom. The molecule has 2 heterocycles. The molecule has 2 aromatic heterocycles. The van der Waals surface area contributed by atoms with Gasteiger partial charge in [0.05, 0.1) is 16.6 Å². The molecule has 0 saturated heterocycles. The van der Waals surface area contributed by atoms with Crippen molar-refractivity contribution in [3.05, 3.63) is 38.2 Å². The van der Waals surface area contributed by atoms with E-state index in [4.69, 9.17) is 16.9 Å². The second kappa shape index (κ2) is 5.34. The van der Waals surface area contributed by atoms with Crippen molar-refractivity contribution in [1.29, 1.82) is 5.26 Å². The van der Waals surface area contributed by atoms with Crippen LogP contribution in [-0.4, -0.2) is 10.2 Å². The molecule has 4 nitrogen and oxygen atoms in total. The summed E-state index contributed by atoms with van der Waals surface area (Å²) in [5.41, 5.74) is 2.18. The summed E-state index contributed by atoms with van der Waals surface area (Å²) < 4.78 is 0.749. The van der Waals surface area contributed by atoms with Gasteiger partial charge in [0, 0.05) is 4.88 Å². The lowest BCUT2D eigenvalue weighted by Crippen LogP contribution is -2.06. The summed E-state index contributed by atoms with van der Waals surface area (Å²) in [4.78, 5) is 1.09. The molecule has 0 bridgehead atoms. The molecule has 0 saturated carbocycles. The molecule has 2 rings (SSSR count). The number of aromatic nitrogens is 2. The fourth-order valence-electron chi connectivity index (χ4n) is 1.49. The SMILES string of the molecule is Cc1nnc(NCc2ccc(Cl)s2)c(C#N)c1C. The largest absolute Gasteiger partial charge is 0.363 e. The molecule has 0 unspecified atom stereocenters. The van der Waals surface area contributed by atoms with Crippen LogP contribution in [0.3, 0.4) is 0 Å². The van der Waals surface area contributed by atoms with Crippen LogP contribution in [0.15, 0.2) is 12.1 Å². The van der Waals surface area contributed by atoms with Crippen molar-refractivity contribution in [3.63, 3.8) is 0 Å². The summed E-state index contributed by atoms with van der Waals surface area (Å²) >= 11 is 7.36. The predicted molar refractivity (Wildman–Crippen MR) is 72.9 cm³/mol. The second-order valence-corrected chi connectivity index (χ2v) is 5.60. The topological polar surface area (TPSA) is 61.6 Å². The number of hydrogen-bond donors (Lipinski definition) is 1. The zero-order valence-electron chi connectivity index (χ0n) is 9.99. The van der Waals surface area contributed by atoms with Crippen molar-refractivity contribution in [2.24, 2.45) is 0 Å². The average Bonchev–Trinajstić information content (AvgIpc) is 2.77. The van der Waals surface area contributed by atoms with Gasteiger partial charge >= 0.3 is 0 Å². The van der Waals surface area contributed by atoms with E-state index in [1.54, 1.807) is 0 Å². The molecule has 1 N–H and O–H groups in total. The number of hydrogen-bond acceptors (Lipinski definition) is 5. The monoisotopic (exact) mass is 278 g/mol. The predicted octanol–water partition coefficient (Wildman–Crippen LogP) is 3.29. The Morgan fingerprint density at radius 3 is 2.78 bits per heavy atom. The van der Waals surface area contributed by atoms with Crippen LogP contribution in [0.4, 0.5) is 5.82 Å². The zero-order chi connectivity index (χ0) is 13.1. The van der Waals surface area contributed by atoms with Crippen LogP contribution < -0.4 is 5.32 Å². The van der Waals surface area contributed by atoms with Crippen LogP contribution in [0.1, 0.15) is 21.7 Å². The smallest absolute Gasteiger partial charge is 0.167 e. The van der Waals surface area contributed by atoms with Gasteiger partial charge in [-0.3, -0.25) is 0 Å². The molecule has 0 aliphatic heterocycles. The van der Waals surface area contributed by atoms with Crippen LogP contribution in [0.25, 0.3) is 0 Å². The summed E-state index contributed by atoms with van der Waals surface area (Å²) in [5.74, 6) is 0.519. The molecule has 0 atom stereocenters. The quantitative estimate of drug-likeness (QED) is 0.936. The van der Waals surface area contributed by atoms with E-state index in [9.17, 15) is 0 Å².